The molecule has 0 aliphatic carbocycles. The molecule has 7 nitrogen and oxygen atoms in total. The number of hydrogen-bond acceptors (Lipinski definition) is 4. The van der Waals surface area contributed by atoms with Crippen LogP contribution in [0.2, 0.25) is 5.02 Å². The zero-order valence-corrected chi connectivity index (χ0v) is 11.1. The number of carboxylic acids is 1. The molecule has 0 fully saturated rings. The number of carbonyl (C=O) groups excluding carboxylic acids is 2. The Morgan fingerprint density at radius 1 is 1.15 bits per heavy atom. The molecule has 0 saturated carbocycles. The third kappa shape index (κ3) is 6.72. The molecule has 0 aliphatic heterocycles. The van der Waals surface area contributed by atoms with E-state index in [1.807, 2.05) is 5.32 Å². The van der Waals surface area contributed by atoms with Crippen LogP contribution in [0.25, 0.3) is 0 Å². The molecule has 108 valence electrons. The van der Waals surface area contributed by atoms with Crippen LogP contribution >= 0.6 is 11.6 Å². The van der Waals surface area contributed by atoms with Crippen molar-refractivity contribution in [3.8, 4) is 0 Å². The van der Waals surface area contributed by atoms with Crippen LogP contribution in [-0.4, -0.2) is 36.2 Å². The van der Waals surface area contributed by atoms with Gasteiger partial charge in [-0.1, -0.05) is 23.7 Å². The molecule has 0 heterocycles. The molecule has 0 unspecified atom stereocenters. The van der Waals surface area contributed by atoms with E-state index in [0.29, 0.717) is 5.02 Å². The molecule has 1 aromatic rings. The Morgan fingerprint density at radius 3 is 2.40 bits per heavy atom. The molecule has 0 aromatic heterocycles. The summed E-state index contributed by atoms with van der Waals surface area (Å²) in [5.74, 6) is -1.91. The highest BCUT2D eigenvalue weighted by Gasteiger charge is 2.08. The lowest BCUT2D eigenvalue weighted by molar-refractivity contribution is -0.143. The summed E-state index contributed by atoms with van der Waals surface area (Å²) in [6.45, 7) is -0.868. The Kier molecular flexibility index (Phi) is 6.48. The summed E-state index contributed by atoms with van der Waals surface area (Å²) in [6.07, 6.45) is 0. The molecule has 3 N–H and O–H groups in total. The predicted molar refractivity (Wildman–Crippen MR) is 70.3 cm³/mol. The number of hydrogen-bond donors (Lipinski definition) is 3. The summed E-state index contributed by atoms with van der Waals surface area (Å²) in [5, 5.41) is 13.3. The Labute approximate surface area is 119 Å². The smallest absolute Gasteiger partial charge is 0.329 e. The molecule has 0 spiro atoms. The minimum atomic E-state index is -1.19. The van der Waals surface area contributed by atoms with Gasteiger partial charge in [-0.25, -0.2) is 9.59 Å². The number of carboxylic acid groups (broad SMARTS) is 1. The van der Waals surface area contributed by atoms with Crippen molar-refractivity contribution in [3.05, 3.63) is 34.9 Å². The summed E-state index contributed by atoms with van der Waals surface area (Å²) in [7, 11) is 0. The minimum absolute atomic E-state index is 0.228. The van der Waals surface area contributed by atoms with Gasteiger partial charge in [-0.3, -0.25) is 10.1 Å². The van der Waals surface area contributed by atoms with Crippen LogP contribution in [0.4, 0.5) is 4.79 Å². The first-order valence-electron chi connectivity index (χ1n) is 5.59. The number of imide groups is 1. The number of benzene rings is 1. The number of ether oxygens (including phenoxy) is 1. The first-order chi connectivity index (χ1) is 9.47. The van der Waals surface area contributed by atoms with E-state index < -0.39 is 31.1 Å². The summed E-state index contributed by atoms with van der Waals surface area (Å²) in [4.78, 5) is 32.7. The van der Waals surface area contributed by atoms with Crippen LogP contribution in [0.1, 0.15) is 5.56 Å². The first kappa shape index (κ1) is 15.9. The number of urea groups is 1. The Bertz CT molecular complexity index is 489. The zero-order valence-electron chi connectivity index (χ0n) is 10.4. The van der Waals surface area contributed by atoms with Crippen molar-refractivity contribution in [3.63, 3.8) is 0 Å². The van der Waals surface area contributed by atoms with Crippen molar-refractivity contribution in [1.29, 1.82) is 0 Å². The van der Waals surface area contributed by atoms with Crippen LogP contribution < -0.4 is 10.6 Å². The monoisotopic (exact) mass is 300 g/mol. The molecule has 0 aliphatic rings. The molecule has 3 amide bonds. The van der Waals surface area contributed by atoms with Crippen molar-refractivity contribution >= 4 is 29.5 Å². The second kappa shape index (κ2) is 8.13. The van der Waals surface area contributed by atoms with Crippen molar-refractivity contribution in [2.75, 3.05) is 13.2 Å². The van der Waals surface area contributed by atoms with Crippen molar-refractivity contribution in [1.82, 2.24) is 10.6 Å². The summed E-state index contributed by atoms with van der Waals surface area (Å²) < 4.78 is 4.53. The van der Waals surface area contributed by atoms with E-state index in [1.54, 1.807) is 24.3 Å². The summed E-state index contributed by atoms with van der Waals surface area (Å²) >= 11 is 5.71. The van der Waals surface area contributed by atoms with Gasteiger partial charge >= 0.3 is 12.0 Å². The summed E-state index contributed by atoms with van der Waals surface area (Å²) in [6, 6.07) is 6.15. The van der Waals surface area contributed by atoms with E-state index in [9.17, 15) is 14.4 Å². The largest absolute Gasteiger partial charge is 0.480 e. The number of amides is 3. The second-order valence-corrected chi connectivity index (χ2v) is 4.18. The number of aliphatic carboxylic acids is 1. The molecule has 0 atom stereocenters. The molecule has 1 aromatic carbocycles. The van der Waals surface area contributed by atoms with E-state index in [1.165, 1.54) is 0 Å². The molecule has 0 radical (unpaired) electrons. The maximum Gasteiger partial charge on any atom is 0.329 e. The lowest BCUT2D eigenvalue weighted by Gasteiger charge is -2.07. The van der Waals surface area contributed by atoms with E-state index >= 15 is 0 Å². The van der Waals surface area contributed by atoms with Crippen LogP contribution in [0, 0.1) is 0 Å². The van der Waals surface area contributed by atoms with Gasteiger partial charge in [-0.15, -0.1) is 0 Å². The van der Waals surface area contributed by atoms with Gasteiger partial charge in [0.15, 0.2) is 0 Å². The lowest BCUT2D eigenvalue weighted by atomic mass is 10.2. The van der Waals surface area contributed by atoms with Gasteiger partial charge in [0.05, 0.1) is 0 Å². The minimum Gasteiger partial charge on any atom is -0.480 e. The van der Waals surface area contributed by atoms with E-state index in [4.69, 9.17) is 16.7 Å². The van der Waals surface area contributed by atoms with Gasteiger partial charge in [0.2, 0.25) is 0 Å². The normalized spacial score (nSPS) is 9.85. The number of halogens is 1. The van der Waals surface area contributed by atoms with Crippen LogP contribution in [0.15, 0.2) is 24.3 Å². The highest BCUT2D eigenvalue weighted by Crippen LogP contribution is 2.08. The lowest BCUT2D eigenvalue weighted by Crippen LogP contribution is -2.41. The fraction of sp³-hybridized carbons (Fsp3) is 0.250. The average molecular weight is 301 g/mol. The van der Waals surface area contributed by atoms with Gasteiger partial charge < -0.3 is 15.2 Å². The maximum absolute atomic E-state index is 11.3. The number of rotatable bonds is 6. The highest BCUT2D eigenvalue weighted by atomic mass is 35.5. The van der Waals surface area contributed by atoms with Crippen molar-refractivity contribution in [2.24, 2.45) is 0 Å². The topological polar surface area (TPSA) is 105 Å². The van der Waals surface area contributed by atoms with Gasteiger partial charge in [-0.05, 0) is 17.7 Å². The van der Waals surface area contributed by atoms with Crippen LogP contribution in [-0.2, 0) is 20.9 Å². The Morgan fingerprint density at radius 2 is 1.80 bits per heavy atom. The average Bonchev–Trinajstić information content (AvgIpc) is 2.37. The summed E-state index contributed by atoms with van der Waals surface area (Å²) in [5.41, 5.74) is 0.819. The third-order valence-corrected chi connectivity index (χ3v) is 2.33. The van der Waals surface area contributed by atoms with Gasteiger partial charge in [0.25, 0.3) is 5.91 Å². The maximum atomic E-state index is 11.3. The van der Waals surface area contributed by atoms with E-state index in [-0.39, 0.29) is 6.54 Å². The number of nitrogens with one attached hydrogen (secondary N) is 2. The fourth-order valence-corrected chi connectivity index (χ4v) is 1.35. The second-order valence-electron chi connectivity index (χ2n) is 3.74. The fourth-order valence-electron chi connectivity index (χ4n) is 1.22. The van der Waals surface area contributed by atoms with Crippen molar-refractivity contribution < 1.29 is 24.2 Å². The van der Waals surface area contributed by atoms with Crippen LogP contribution in [0.3, 0.4) is 0 Å². The molecule has 1 rings (SSSR count). The SMILES string of the molecule is O=C(O)COCC(=O)NC(=O)NCc1ccc(Cl)cc1. The van der Waals surface area contributed by atoms with Gasteiger partial charge in [0.1, 0.15) is 13.2 Å². The van der Waals surface area contributed by atoms with Crippen molar-refractivity contribution in [2.45, 2.75) is 6.54 Å². The van der Waals surface area contributed by atoms with Gasteiger partial charge in [0, 0.05) is 11.6 Å². The molecule has 8 heteroatoms. The number of carbonyl (C=O) groups is 3. The quantitative estimate of drug-likeness (QED) is 0.719. The molecule has 20 heavy (non-hydrogen) atoms. The van der Waals surface area contributed by atoms with Gasteiger partial charge in [-0.2, -0.15) is 0 Å². The Hall–Kier alpha value is -2.12. The third-order valence-electron chi connectivity index (χ3n) is 2.08. The first-order valence-corrected chi connectivity index (χ1v) is 5.97. The highest BCUT2D eigenvalue weighted by molar-refractivity contribution is 6.30. The zero-order chi connectivity index (χ0) is 15.0. The molecular weight excluding hydrogens is 288 g/mol. The van der Waals surface area contributed by atoms with Crippen LogP contribution in [0.5, 0.6) is 0 Å². The molecular formula is C12H13ClN2O5. The molecule has 0 saturated heterocycles. The Balaban J connectivity index is 2.24. The predicted octanol–water partition coefficient (Wildman–Crippen LogP) is 0.767. The van der Waals surface area contributed by atoms with E-state index in [0.717, 1.165) is 5.56 Å². The van der Waals surface area contributed by atoms with E-state index in [2.05, 4.69) is 10.1 Å². The molecule has 0 bridgehead atoms. The standard InChI is InChI=1S/C12H13ClN2O5/c13-9-3-1-8(2-4-9)5-14-12(19)15-10(16)6-20-7-11(17)18/h1-4H,5-7H2,(H,17,18)(H2,14,15,16,19).